The molecule has 0 aliphatic heterocycles. The quantitative estimate of drug-likeness (QED) is 0.389. The summed E-state index contributed by atoms with van der Waals surface area (Å²) >= 11 is 0. The monoisotopic (exact) mass is 520 g/mol. The van der Waals surface area contributed by atoms with Crippen molar-refractivity contribution >= 4 is 22.8 Å². The molecule has 3 aromatic rings. The van der Waals surface area contributed by atoms with Crippen molar-refractivity contribution < 1.29 is 23.8 Å². The molecule has 1 aromatic heterocycles. The molecule has 6 nitrogen and oxygen atoms in total. The highest BCUT2D eigenvalue weighted by Crippen LogP contribution is 2.36. The third-order valence-corrected chi connectivity index (χ3v) is 8.44. The fraction of sp³-hybridized carbons (Fsp3) is 0.484. The van der Waals surface area contributed by atoms with E-state index in [1.54, 1.807) is 13.2 Å². The number of carbonyl (C=O) groups is 2. The molecule has 1 atom stereocenters. The molecule has 0 radical (unpaired) electrons. The molecule has 1 unspecified atom stereocenters. The van der Waals surface area contributed by atoms with E-state index in [2.05, 4.69) is 4.90 Å². The number of methoxy groups -OCH3 is 1. The van der Waals surface area contributed by atoms with E-state index < -0.39 is 5.97 Å². The second-order valence-corrected chi connectivity index (χ2v) is 10.8. The van der Waals surface area contributed by atoms with Crippen LogP contribution in [0.4, 0.5) is 4.39 Å². The van der Waals surface area contributed by atoms with Crippen molar-refractivity contribution in [1.82, 2.24) is 9.47 Å². The lowest BCUT2D eigenvalue weighted by Crippen LogP contribution is -2.46. The van der Waals surface area contributed by atoms with E-state index in [0.29, 0.717) is 31.6 Å². The number of carboxylic acid groups (broad SMARTS) is 1. The minimum absolute atomic E-state index is 0.0155. The lowest BCUT2D eigenvalue weighted by molar-refractivity contribution is -0.137. The van der Waals surface area contributed by atoms with Gasteiger partial charge in [0.15, 0.2) is 0 Å². The van der Waals surface area contributed by atoms with Gasteiger partial charge in [-0.25, -0.2) is 4.39 Å². The minimum Gasteiger partial charge on any atom is -0.496 e. The van der Waals surface area contributed by atoms with Crippen LogP contribution >= 0.6 is 0 Å². The van der Waals surface area contributed by atoms with Crippen molar-refractivity contribution in [3.05, 3.63) is 65.1 Å². The third kappa shape index (κ3) is 5.57. The molecule has 2 aromatic carbocycles. The highest BCUT2D eigenvalue weighted by atomic mass is 19.1. The van der Waals surface area contributed by atoms with Gasteiger partial charge in [0.25, 0.3) is 0 Å². The van der Waals surface area contributed by atoms with Gasteiger partial charge in [0, 0.05) is 35.6 Å². The summed E-state index contributed by atoms with van der Waals surface area (Å²) in [4.78, 5) is 27.5. The molecule has 1 fully saturated rings. The van der Waals surface area contributed by atoms with Crippen LogP contribution in [0.1, 0.15) is 61.8 Å². The van der Waals surface area contributed by atoms with Crippen LogP contribution in [0.5, 0.6) is 5.75 Å². The van der Waals surface area contributed by atoms with Crippen molar-refractivity contribution in [2.45, 2.75) is 76.8 Å². The first-order valence-corrected chi connectivity index (χ1v) is 13.9. The van der Waals surface area contributed by atoms with Gasteiger partial charge < -0.3 is 19.3 Å². The first kappa shape index (κ1) is 26.3. The molecule has 1 amide bonds. The molecular formula is C31H37FN2O4. The molecule has 1 N–H and O–H groups in total. The summed E-state index contributed by atoms with van der Waals surface area (Å²) in [7, 11) is 1.65. The summed E-state index contributed by atoms with van der Waals surface area (Å²) in [5, 5.41) is 10.3. The lowest BCUT2D eigenvalue weighted by atomic mass is 9.86. The van der Waals surface area contributed by atoms with E-state index >= 15 is 0 Å². The molecule has 0 spiro atoms. The number of fused-ring (bicyclic) bond motifs is 3. The summed E-state index contributed by atoms with van der Waals surface area (Å²) in [6, 6.07) is 12.4. The van der Waals surface area contributed by atoms with E-state index in [-0.39, 0.29) is 24.3 Å². The Balaban J connectivity index is 1.42. The Labute approximate surface area is 223 Å². The number of aryl methyl sites for hydroxylation is 1. The van der Waals surface area contributed by atoms with E-state index in [1.807, 2.05) is 28.8 Å². The van der Waals surface area contributed by atoms with E-state index in [1.165, 1.54) is 31.4 Å². The Morgan fingerprint density at radius 2 is 1.89 bits per heavy atom. The van der Waals surface area contributed by atoms with E-state index in [9.17, 15) is 19.1 Å². The smallest absolute Gasteiger partial charge is 0.323 e. The van der Waals surface area contributed by atoms with Crippen molar-refractivity contribution in [2.75, 3.05) is 13.7 Å². The molecule has 7 heteroatoms. The number of aliphatic carboxylic acids is 1. The largest absolute Gasteiger partial charge is 0.496 e. The summed E-state index contributed by atoms with van der Waals surface area (Å²) < 4.78 is 21.6. The van der Waals surface area contributed by atoms with Crippen LogP contribution in [-0.2, 0) is 35.4 Å². The van der Waals surface area contributed by atoms with Crippen LogP contribution in [-0.4, -0.2) is 46.1 Å². The zero-order valence-corrected chi connectivity index (χ0v) is 22.1. The number of amides is 1. The lowest BCUT2D eigenvalue weighted by Gasteiger charge is -2.38. The van der Waals surface area contributed by atoms with Crippen LogP contribution in [0.3, 0.4) is 0 Å². The SMILES string of the molecule is COc1ccccc1CCC(=O)N(CC1CCCCC1)C1CCc2c(c3cc(F)ccc3n2CC(=O)O)C1. The highest BCUT2D eigenvalue weighted by molar-refractivity contribution is 5.87. The summed E-state index contributed by atoms with van der Waals surface area (Å²) in [5.74, 6) is 0.208. The fourth-order valence-electron chi connectivity index (χ4n) is 6.58. The first-order chi connectivity index (χ1) is 18.4. The number of aromatic nitrogens is 1. The molecule has 202 valence electrons. The Hall–Kier alpha value is -3.35. The number of carbonyl (C=O) groups excluding carboxylic acids is 1. The average Bonchev–Trinajstić information content (AvgIpc) is 3.22. The number of rotatable bonds is 9. The minimum atomic E-state index is -0.915. The molecule has 2 aliphatic rings. The molecule has 0 saturated heterocycles. The van der Waals surface area contributed by atoms with Gasteiger partial charge >= 0.3 is 5.97 Å². The van der Waals surface area contributed by atoms with E-state index in [0.717, 1.165) is 59.3 Å². The van der Waals surface area contributed by atoms with Gasteiger partial charge in [-0.2, -0.15) is 0 Å². The number of benzene rings is 2. The standard InChI is InChI=1S/C31H37FN2O4/c1-38-29-10-6-5-9-22(29)11-16-30(35)33(19-21-7-3-2-4-8-21)24-13-15-28-26(18-24)25-17-23(32)12-14-27(25)34(28)20-31(36)37/h5-6,9-10,12,14,17,21,24H,2-4,7-8,11,13,15-16,18-20H2,1H3,(H,36,37). The Morgan fingerprint density at radius 1 is 1.11 bits per heavy atom. The molecule has 0 bridgehead atoms. The molecule has 2 aliphatic carbocycles. The number of carboxylic acids is 1. The first-order valence-electron chi connectivity index (χ1n) is 13.9. The number of halogens is 1. The molecule has 1 saturated carbocycles. The van der Waals surface area contributed by atoms with Crippen LogP contribution in [0.2, 0.25) is 0 Å². The predicted molar refractivity (Wildman–Crippen MR) is 145 cm³/mol. The maximum absolute atomic E-state index is 14.3. The maximum atomic E-state index is 14.3. The van der Waals surface area contributed by atoms with Gasteiger partial charge in [-0.15, -0.1) is 0 Å². The maximum Gasteiger partial charge on any atom is 0.323 e. The Kier molecular flexibility index (Phi) is 8.01. The van der Waals surface area contributed by atoms with Crippen molar-refractivity contribution in [1.29, 1.82) is 0 Å². The van der Waals surface area contributed by atoms with Gasteiger partial charge in [-0.05, 0) is 79.8 Å². The van der Waals surface area contributed by atoms with Gasteiger partial charge in [0.2, 0.25) is 5.91 Å². The van der Waals surface area contributed by atoms with Gasteiger partial charge in [-0.3, -0.25) is 9.59 Å². The fourth-order valence-corrected chi connectivity index (χ4v) is 6.58. The van der Waals surface area contributed by atoms with Crippen LogP contribution in [0.15, 0.2) is 42.5 Å². The zero-order valence-electron chi connectivity index (χ0n) is 22.1. The van der Waals surface area contributed by atoms with Crippen LogP contribution < -0.4 is 4.74 Å². The molecular weight excluding hydrogens is 483 g/mol. The molecule has 1 heterocycles. The second-order valence-electron chi connectivity index (χ2n) is 10.8. The van der Waals surface area contributed by atoms with Gasteiger partial charge in [-0.1, -0.05) is 37.5 Å². The number of nitrogens with zero attached hydrogens (tertiary/aromatic N) is 2. The number of para-hydroxylation sites is 1. The van der Waals surface area contributed by atoms with Crippen molar-refractivity contribution in [2.24, 2.45) is 5.92 Å². The number of hydrogen-bond donors (Lipinski definition) is 1. The highest BCUT2D eigenvalue weighted by Gasteiger charge is 2.33. The Morgan fingerprint density at radius 3 is 2.66 bits per heavy atom. The summed E-state index contributed by atoms with van der Waals surface area (Å²) in [5.41, 5.74) is 3.73. The van der Waals surface area contributed by atoms with Gasteiger partial charge in [0.1, 0.15) is 18.1 Å². The summed E-state index contributed by atoms with van der Waals surface area (Å²) in [6.07, 6.45) is 9.08. The molecule has 5 rings (SSSR count). The topological polar surface area (TPSA) is 71.8 Å². The third-order valence-electron chi connectivity index (χ3n) is 8.44. The van der Waals surface area contributed by atoms with Crippen LogP contribution in [0, 0.1) is 11.7 Å². The Bertz CT molecular complexity index is 1310. The average molecular weight is 521 g/mol. The number of hydrogen-bond acceptors (Lipinski definition) is 3. The second kappa shape index (κ2) is 11.6. The normalized spacial score (nSPS) is 17.8. The van der Waals surface area contributed by atoms with E-state index in [4.69, 9.17) is 4.74 Å². The van der Waals surface area contributed by atoms with Gasteiger partial charge in [0.05, 0.1) is 7.11 Å². The van der Waals surface area contributed by atoms with Crippen LogP contribution in [0.25, 0.3) is 10.9 Å². The van der Waals surface area contributed by atoms with Crippen molar-refractivity contribution in [3.8, 4) is 5.75 Å². The summed E-state index contributed by atoms with van der Waals surface area (Å²) in [6.45, 7) is 0.610. The number of ether oxygens (including phenoxy) is 1. The molecule has 38 heavy (non-hydrogen) atoms. The predicted octanol–water partition coefficient (Wildman–Crippen LogP) is 5.77. The zero-order chi connectivity index (χ0) is 26.6. The van der Waals surface area contributed by atoms with Crippen molar-refractivity contribution in [3.63, 3.8) is 0 Å².